The zero-order chi connectivity index (χ0) is 20.3. The average molecular weight is 400 g/mol. The number of likely N-dealkylation sites (N-methyl/N-ethyl adjacent to an activating group) is 2. The predicted octanol–water partition coefficient (Wildman–Crippen LogP) is 4.00. The number of benzene rings is 1. The van der Waals surface area contributed by atoms with Gasteiger partial charge in [-0.1, -0.05) is 17.7 Å². The first-order valence-electron chi connectivity index (χ1n) is 8.80. The van der Waals surface area contributed by atoms with Crippen LogP contribution in [0, 0.1) is 0 Å². The summed E-state index contributed by atoms with van der Waals surface area (Å²) in [7, 11) is 5.66. The van der Waals surface area contributed by atoms with Crippen molar-refractivity contribution >= 4 is 17.5 Å². The maximum absolute atomic E-state index is 12.8. The first-order valence-corrected chi connectivity index (χ1v) is 9.18. The molecule has 0 atom stereocenters. The third-order valence-corrected chi connectivity index (χ3v) is 4.69. The zero-order valence-corrected chi connectivity index (χ0v) is 16.8. The number of halogens is 1. The molecule has 0 aliphatic rings. The number of aromatic nitrogens is 1. The van der Waals surface area contributed by atoms with E-state index in [-0.39, 0.29) is 22.4 Å². The van der Waals surface area contributed by atoms with E-state index in [4.69, 9.17) is 16.0 Å². The van der Waals surface area contributed by atoms with E-state index in [0.29, 0.717) is 23.4 Å². The van der Waals surface area contributed by atoms with Crippen LogP contribution in [0.4, 0.5) is 0 Å². The number of phenols is 1. The third kappa shape index (κ3) is 4.35. The molecule has 6 nitrogen and oxygen atoms in total. The van der Waals surface area contributed by atoms with Gasteiger partial charge >= 0.3 is 0 Å². The SMILES string of the molecule is CN(C)CCN(C)C(=O)c1cc(-c2ccc(Cl)c(O)c2)c(-c2ccncc2)o1. The molecule has 1 amide bonds. The molecule has 0 bridgehead atoms. The van der Waals surface area contributed by atoms with Crippen molar-refractivity contribution in [2.75, 3.05) is 34.2 Å². The van der Waals surface area contributed by atoms with Gasteiger partial charge in [-0.2, -0.15) is 0 Å². The second kappa shape index (κ2) is 8.46. The van der Waals surface area contributed by atoms with Gasteiger partial charge in [-0.25, -0.2) is 0 Å². The van der Waals surface area contributed by atoms with Crippen molar-refractivity contribution in [3.05, 3.63) is 59.6 Å². The van der Waals surface area contributed by atoms with Gasteiger partial charge in [-0.15, -0.1) is 0 Å². The minimum absolute atomic E-state index is 0.0305. The molecule has 2 aromatic heterocycles. The molecule has 0 spiro atoms. The number of hydrogen-bond donors (Lipinski definition) is 1. The molecular formula is C21H22ClN3O3. The number of hydrogen-bond acceptors (Lipinski definition) is 5. The van der Waals surface area contributed by atoms with Gasteiger partial charge in [0.15, 0.2) is 5.76 Å². The van der Waals surface area contributed by atoms with Gasteiger partial charge in [0, 0.05) is 43.7 Å². The molecule has 0 saturated heterocycles. The number of nitrogens with zero attached hydrogens (tertiary/aromatic N) is 3. The van der Waals surface area contributed by atoms with E-state index in [1.165, 1.54) is 0 Å². The third-order valence-electron chi connectivity index (χ3n) is 4.37. The molecular weight excluding hydrogens is 378 g/mol. The second-order valence-electron chi connectivity index (χ2n) is 6.79. The maximum atomic E-state index is 12.8. The van der Waals surface area contributed by atoms with Crippen molar-refractivity contribution in [1.29, 1.82) is 0 Å². The minimum Gasteiger partial charge on any atom is -0.506 e. The summed E-state index contributed by atoms with van der Waals surface area (Å²) in [6.45, 7) is 1.33. The van der Waals surface area contributed by atoms with E-state index in [1.807, 2.05) is 31.1 Å². The van der Waals surface area contributed by atoms with Crippen LogP contribution in [0.1, 0.15) is 10.6 Å². The highest BCUT2D eigenvalue weighted by Crippen LogP contribution is 2.38. The van der Waals surface area contributed by atoms with E-state index in [2.05, 4.69) is 4.98 Å². The van der Waals surface area contributed by atoms with Crippen LogP contribution in [0.25, 0.3) is 22.5 Å². The molecule has 3 aromatic rings. The summed E-state index contributed by atoms with van der Waals surface area (Å²) >= 11 is 5.94. The summed E-state index contributed by atoms with van der Waals surface area (Å²) < 4.78 is 5.97. The topological polar surface area (TPSA) is 69.8 Å². The van der Waals surface area contributed by atoms with Crippen LogP contribution >= 0.6 is 11.6 Å². The van der Waals surface area contributed by atoms with E-state index < -0.39 is 0 Å². The van der Waals surface area contributed by atoms with Crippen molar-refractivity contribution in [2.45, 2.75) is 0 Å². The Morgan fingerprint density at radius 1 is 1.07 bits per heavy atom. The molecule has 3 rings (SSSR count). The lowest BCUT2D eigenvalue weighted by Crippen LogP contribution is -2.33. The molecule has 0 fully saturated rings. The van der Waals surface area contributed by atoms with Crippen LogP contribution in [0.3, 0.4) is 0 Å². The molecule has 146 valence electrons. The van der Waals surface area contributed by atoms with Crippen molar-refractivity contribution in [1.82, 2.24) is 14.8 Å². The van der Waals surface area contributed by atoms with Crippen LogP contribution in [-0.4, -0.2) is 60.0 Å². The molecule has 0 aliphatic heterocycles. The largest absolute Gasteiger partial charge is 0.506 e. The quantitative estimate of drug-likeness (QED) is 0.678. The number of carbonyl (C=O) groups excluding carboxylic acids is 1. The molecule has 2 heterocycles. The Labute approximate surface area is 169 Å². The number of amides is 1. The minimum atomic E-state index is -0.207. The van der Waals surface area contributed by atoms with E-state index in [9.17, 15) is 9.90 Å². The number of pyridine rings is 1. The molecule has 1 aromatic carbocycles. The Bertz CT molecular complexity index is 970. The van der Waals surface area contributed by atoms with Crippen molar-refractivity contribution in [3.8, 4) is 28.2 Å². The van der Waals surface area contributed by atoms with Gasteiger partial charge < -0.3 is 19.3 Å². The van der Waals surface area contributed by atoms with Crippen molar-refractivity contribution in [2.24, 2.45) is 0 Å². The van der Waals surface area contributed by atoms with Crippen LogP contribution < -0.4 is 0 Å². The molecule has 0 unspecified atom stereocenters. The standard InChI is InChI=1S/C21H22ClN3O3/c1-24(2)10-11-25(3)21(27)19-13-16(15-4-5-17(22)18(26)12-15)20(28-19)14-6-8-23-9-7-14/h4-9,12-13,26H,10-11H2,1-3H3. The molecule has 28 heavy (non-hydrogen) atoms. The summed E-state index contributed by atoms with van der Waals surface area (Å²) in [5, 5.41) is 10.3. The van der Waals surface area contributed by atoms with Crippen LogP contribution in [0.5, 0.6) is 5.75 Å². The van der Waals surface area contributed by atoms with Gasteiger partial charge in [0.2, 0.25) is 0 Å². The summed E-state index contributed by atoms with van der Waals surface area (Å²) in [6, 6.07) is 10.3. The molecule has 7 heteroatoms. The fraction of sp³-hybridized carbons (Fsp3) is 0.238. The van der Waals surface area contributed by atoms with Gasteiger partial charge in [0.25, 0.3) is 5.91 Å². The Morgan fingerprint density at radius 3 is 2.43 bits per heavy atom. The highest BCUT2D eigenvalue weighted by atomic mass is 35.5. The van der Waals surface area contributed by atoms with Gasteiger partial charge in [-0.3, -0.25) is 9.78 Å². The lowest BCUT2D eigenvalue weighted by atomic mass is 10.0. The Balaban J connectivity index is 2.03. The first kappa shape index (κ1) is 19.9. The number of phenolic OH excluding ortho intramolecular Hbond substituents is 1. The van der Waals surface area contributed by atoms with Crippen LogP contribution in [-0.2, 0) is 0 Å². The first-order chi connectivity index (χ1) is 13.4. The smallest absolute Gasteiger partial charge is 0.289 e. The number of rotatable bonds is 6. The van der Waals surface area contributed by atoms with Crippen molar-refractivity contribution in [3.63, 3.8) is 0 Å². The Morgan fingerprint density at radius 2 is 1.79 bits per heavy atom. The number of furan rings is 1. The second-order valence-corrected chi connectivity index (χ2v) is 7.19. The predicted molar refractivity (Wildman–Crippen MR) is 110 cm³/mol. The van der Waals surface area contributed by atoms with Crippen LogP contribution in [0.2, 0.25) is 5.02 Å². The van der Waals surface area contributed by atoms with E-state index in [1.54, 1.807) is 48.6 Å². The fourth-order valence-corrected chi connectivity index (χ4v) is 2.87. The fourth-order valence-electron chi connectivity index (χ4n) is 2.75. The highest BCUT2D eigenvalue weighted by molar-refractivity contribution is 6.32. The van der Waals surface area contributed by atoms with E-state index in [0.717, 1.165) is 12.1 Å². The summed E-state index contributed by atoms with van der Waals surface area (Å²) in [6.07, 6.45) is 3.32. The molecule has 0 aliphatic carbocycles. The Hall–Kier alpha value is -2.83. The molecule has 0 radical (unpaired) electrons. The van der Waals surface area contributed by atoms with E-state index >= 15 is 0 Å². The van der Waals surface area contributed by atoms with Gasteiger partial charge in [-0.05, 0) is 50.0 Å². The zero-order valence-electron chi connectivity index (χ0n) is 16.0. The Kier molecular flexibility index (Phi) is 6.02. The molecule has 1 N–H and O–H groups in total. The summed E-state index contributed by atoms with van der Waals surface area (Å²) in [5.74, 6) is 0.532. The monoisotopic (exact) mass is 399 g/mol. The average Bonchev–Trinajstić information content (AvgIpc) is 3.13. The normalized spacial score (nSPS) is 11.0. The van der Waals surface area contributed by atoms with Crippen LogP contribution in [0.15, 0.2) is 53.2 Å². The van der Waals surface area contributed by atoms with Crippen molar-refractivity contribution < 1.29 is 14.3 Å². The number of aromatic hydroxyl groups is 1. The van der Waals surface area contributed by atoms with Gasteiger partial charge in [0.1, 0.15) is 11.5 Å². The lowest BCUT2D eigenvalue weighted by Gasteiger charge is -2.18. The highest BCUT2D eigenvalue weighted by Gasteiger charge is 2.22. The molecule has 0 saturated carbocycles. The maximum Gasteiger partial charge on any atom is 0.289 e. The summed E-state index contributed by atoms with van der Waals surface area (Å²) in [4.78, 5) is 20.5. The number of carbonyl (C=O) groups is 1. The lowest BCUT2D eigenvalue weighted by molar-refractivity contribution is 0.0756. The van der Waals surface area contributed by atoms with Gasteiger partial charge in [0.05, 0.1) is 5.02 Å². The summed E-state index contributed by atoms with van der Waals surface area (Å²) in [5.41, 5.74) is 2.18.